The molecule has 0 saturated heterocycles. The van der Waals surface area contributed by atoms with E-state index in [1.165, 1.54) is 17.2 Å². The molecule has 44 valence electrons. The van der Waals surface area contributed by atoms with Crippen molar-refractivity contribution in [3.63, 3.8) is 0 Å². The number of allylic oxidation sites excluding steroid dienone is 1. The maximum atomic E-state index is 10.5. The van der Waals surface area contributed by atoms with Crippen molar-refractivity contribution in [2.45, 2.75) is 6.42 Å². The van der Waals surface area contributed by atoms with E-state index in [1.807, 2.05) is 0 Å². The monoisotopic (exact) mass is 130 g/mol. The molecule has 3 heteroatoms. The summed E-state index contributed by atoms with van der Waals surface area (Å²) in [5.74, 6) is 0.591. The molecule has 0 radical (unpaired) electrons. The summed E-state index contributed by atoms with van der Waals surface area (Å²) >= 11 is 1.47. The van der Waals surface area contributed by atoms with Crippen molar-refractivity contribution in [3.8, 4) is 0 Å². The molecule has 1 rings (SSSR count). The summed E-state index contributed by atoms with van der Waals surface area (Å²) in [6.45, 7) is 0. The van der Waals surface area contributed by atoms with Crippen molar-refractivity contribution < 1.29 is 9.90 Å². The normalized spacial score (nSPS) is 20.5. The van der Waals surface area contributed by atoms with Gasteiger partial charge in [-0.25, -0.2) is 0 Å². The van der Waals surface area contributed by atoms with E-state index in [9.17, 15) is 4.79 Å². The Morgan fingerprint density at radius 1 is 1.75 bits per heavy atom. The molecule has 1 aliphatic rings. The van der Waals surface area contributed by atoms with Gasteiger partial charge in [-0.3, -0.25) is 4.79 Å². The Labute approximate surface area is 51.6 Å². The number of carbonyl (C=O) groups is 1. The van der Waals surface area contributed by atoms with E-state index in [1.54, 1.807) is 0 Å². The van der Waals surface area contributed by atoms with Crippen LogP contribution in [0, 0.1) is 0 Å². The van der Waals surface area contributed by atoms with E-state index in [-0.39, 0.29) is 11.5 Å². The van der Waals surface area contributed by atoms with Crippen LogP contribution in [0.1, 0.15) is 6.42 Å². The predicted molar refractivity (Wildman–Crippen MR) is 32.8 cm³/mol. The largest absolute Gasteiger partial charge is 0.504 e. The van der Waals surface area contributed by atoms with Crippen LogP contribution in [0.15, 0.2) is 11.2 Å². The first-order valence-corrected chi connectivity index (χ1v) is 3.39. The lowest BCUT2D eigenvalue weighted by molar-refractivity contribution is -0.117. The van der Waals surface area contributed by atoms with E-state index in [4.69, 9.17) is 5.11 Å². The number of ketones is 1. The Kier molecular flexibility index (Phi) is 1.58. The zero-order valence-electron chi connectivity index (χ0n) is 4.26. The van der Waals surface area contributed by atoms with Crippen LogP contribution < -0.4 is 0 Å². The Bertz CT molecular complexity index is 139. The summed E-state index contributed by atoms with van der Waals surface area (Å²) in [6.07, 6.45) is 0.479. The molecule has 0 aromatic heterocycles. The third-order valence-electron chi connectivity index (χ3n) is 0.928. The highest BCUT2D eigenvalue weighted by atomic mass is 32.2. The first-order valence-electron chi connectivity index (χ1n) is 2.34. The van der Waals surface area contributed by atoms with Crippen LogP contribution in [0.5, 0.6) is 0 Å². The van der Waals surface area contributed by atoms with Crippen LogP contribution >= 0.6 is 11.8 Å². The molecule has 0 spiro atoms. The Morgan fingerprint density at radius 2 is 2.50 bits per heavy atom. The van der Waals surface area contributed by atoms with E-state index in [2.05, 4.69) is 0 Å². The zero-order chi connectivity index (χ0) is 5.98. The van der Waals surface area contributed by atoms with E-state index in [0.29, 0.717) is 6.42 Å². The van der Waals surface area contributed by atoms with Crippen molar-refractivity contribution in [2.75, 3.05) is 5.75 Å². The average molecular weight is 130 g/mol. The molecule has 2 nitrogen and oxygen atoms in total. The van der Waals surface area contributed by atoms with Crippen LogP contribution in [-0.2, 0) is 4.79 Å². The van der Waals surface area contributed by atoms with Crippen molar-refractivity contribution in [2.24, 2.45) is 0 Å². The van der Waals surface area contributed by atoms with E-state index < -0.39 is 0 Å². The predicted octanol–water partition coefficient (Wildman–Crippen LogP) is 1.09. The van der Waals surface area contributed by atoms with Gasteiger partial charge in [0.2, 0.25) is 0 Å². The van der Waals surface area contributed by atoms with Gasteiger partial charge in [0.1, 0.15) is 0 Å². The first-order chi connectivity index (χ1) is 3.80. The second kappa shape index (κ2) is 2.22. The molecule has 0 atom stereocenters. The van der Waals surface area contributed by atoms with Crippen LogP contribution in [0.25, 0.3) is 0 Å². The number of carbonyl (C=O) groups excluding carboxylic acids is 1. The van der Waals surface area contributed by atoms with Gasteiger partial charge >= 0.3 is 0 Å². The number of Topliss-reactive ketones (excluding diaryl/α,β-unsaturated/α-hetero) is 1. The minimum absolute atomic E-state index is 0.0822. The molecule has 0 saturated carbocycles. The second-order valence-electron chi connectivity index (χ2n) is 1.55. The minimum Gasteiger partial charge on any atom is -0.504 e. The number of thioether (sulfide) groups is 1. The maximum Gasteiger partial charge on any atom is 0.198 e. The third-order valence-corrected chi connectivity index (χ3v) is 1.76. The molecule has 8 heavy (non-hydrogen) atoms. The van der Waals surface area contributed by atoms with Gasteiger partial charge in [0.15, 0.2) is 11.5 Å². The fourth-order valence-corrected chi connectivity index (χ4v) is 1.19. The molecule has 1 aliphatic heterocycles. The van der Waals surface area contributed by atoms with Gasteiger partial charge in [0.25, 0.3) is 0 Å². The molecular formula is C5H6O2S. The summed E-state index contributed by atoms with van der Waals surface area (Å²) in [7, 11) is 0. The van der Waals surface area contributed by atoms with Crippen molar-refractivity contribution in [1.29, 1.82) is 0 Å². The third kappa shape index (κ3) is 1.04. The fraction of sp³-hybridized carbons (Fsp3) is 0.400. The number of hydrogen-bond donors (Lipinski definition) is 1. The van der Waals surface area contributed by atoms with Gasteiger partial charge in [-0.1, -0.05) is 0 Å². The summed E-state index contributed by atoms with van der Waals surface area (Å²) < 4.78 is 0. The molecule has 0 aliphatic carbocycles. The van der Waals surface area contributed by atoms with Gasteiger partial charge in [-0.15, -0.1) is 11.8 Å². The lowest BCUT2D eigenvalue weighted by Gasteiger charge is -2.02. The Morgan fingerprint density at radius 3 is 2.88 bits per heavy atom. The molecule has 0 unspecified atom stereocenters. The highest BCUT2D eigenvalue weighted by molar-refractivity contribution is 8.02. The molecule has 0 aromatic rings. The maximum absolute atomic E-state index is 10.5. The zero-order valence-corrected chi connectivity index (χ0v) is 5.07. The standard InChI is InChI=1S/C5H6O2S/c6-4-1-2-8-3-5(4)7/h3,7H,1-2H2. The van der Waals surface area contributed by atoms with Crippen molar-refractivity contribution >= 4 is 17.5 Å². The quantitative estimate of drug-likeness (QED) is 0.533. The topological polar surface area (TPSA) is 37.3 Å². The van der Waals surface area contributed by atoms with Crippen molar-refractivity contribution in [1.82, 2.24) is 0 Å². The lowest BCUT2D eigenvalue weighted by atomic mass is 10.3. The summed E-state index contributed by atoms with van der Waals surface area (Å²) in [4.78, 5) is 10.5. The van der Waals surface area contributed by atoms with Gasteiger partial charge in [-0.05, 0) is 0 Å². The van der Waals surface area contributed by atoms with Crippen LogP contribution in [0.3, 0.4) is 0 Å². The summed E-state index contributed by atoms with van der Waals surface area (Å²) in [5.41, 5.74) is 0. The van der Waals surface area contributed by atoms with Crippen LogP contribution in [0.4, 0.5) is 0 Å². The van der Waals surface area contributed by atoms with Gasteiger partial charge < -0.3 is 5.11 Å². The number of hydrogen-bond acceptors (Lipinski definition) is 3. The van der Waals surface area contributed by atoms with Crippen LogP contribution in [0.2, 0.25) is 0 Å². The average Bonchev–Trinajstić information content (AvgIpc) is 1.77. The molecule has 0 fully saturated rings. The van der Waals surface area contributed by atoms with Gasteiger partial charge in [0, 0.05) is 17.6 Å². The summed E-state index contributed by atoms with van der Waals surface area (Å²) in [6, 6.07) is 0. The van der Waals surface area contributed by atoms with E-state index in [0.717, 1.165) is 5.75 Å². The Hall–Kier alpha value is -0.440. The van der Waals surface area contributed by atoms with E-state index >= 15 is 0 Å². The van der Waals surface area contributed by atoms with Gasteiger partial charge in [0.05, 0.1) is 0 Å². The minimum atomic E-state index is -0.135. The smallest absolute Gasteiger partial charge is 0.198 e. The Balaban J connectivity index is 2.67. The van der Waals surface area contributed by atoms with Crippen LogP contribution in [-0.4, -0.2) is 16.6 Å². The number of aliphatic hydroxyl groups is 1. The number of rotatable bonds is 0. The van der Waals surface area contributed by atoms with Gasteiger partial charge in [-0.2, -0.15) is 0 Å². The highest BCUT2D eigenvalue weighted by Crippen LogP contribution is 2.15. The lowest BCUT2D eigenvalue weighted by Crippen LogP contribution is -2.05. The molecule has 0 amide bonds. The summed E-state index contributed by atoms with van der Waals surface area (Å²) in [5, 5.41) is 10.2. The second-order valence-corrected chi connectivity index (χ2v) is 2.52. The highest BCUT2D eigenvalue weighted by Gasteiger charge is 2.10. The number of aliphatic hydroxyl groups excluding tert-OH is 1. The molecular weight excluding hydrogens is 124 g/mol. The molecule has 0 bridgehead atoms. The SMILES string of the molecule is O=C1CCSC=C1O. The molecule has 1 N–H and O–H groups in total. The molecule has 1 heterocycles. The molecule has 0 aromatic carbocycles. The fourth-order valence-electron chi connectivity index (χ4n) is 0.483. The van der Waals surface area contributed by atoms with Crippen molar-refractivity contribution in [3.05, 3.63) is 11.2 Å². The first kappa shape index (κ1) is 5.69.